The smallest absolute Gasteiger partial charge is 0.0811 e. The van der Waals surface area contributed by atoms with Gasteiger partial charge in [-0.05, 0) is 79.7 Å². The first kappa shape index (κ1) is 26.5. The number of fused-ring (bicyclic) bond motifs is 1. The minimum atomic E-state index is 0.150. The minimum absolute atomic E-state index is 0.150. The molecule has 5 heteroatoms. The molecular formula is C34H42N4S. The number of aromatic nitrogens is 3. The number of nitrogens with zero attached hydrogens (tertiary/aromatic N) is 4. The highest BCUT2D eigenvalue weighted by atomic mass is 32.1. The molecule has 0 amide bonds. The maximum atomic E-state index is 4.99. The van der Waals surface area contributed by atoms with E-state index in [1.54, 1.807) is 11.3 Å². The number of pyridine rings is 1. The monoisotopic (exact) mass is 538 g/mol. The molecule has 0 radical (unpaired) electrons. The van der Waals surface area contributed by atoms with E-state index in [-0.39, 0.29) is 5.41 Å². The molecule has 3 aromatic heterocycles. The highest BCUT2D eigenvalue weighted by molar-refractivity contribution is 7.07. The zero-order chi connectivity index (χ0) is 27.1. The first-order valence-electron chi connectivity index (χ1n) is 14.8. The Morgan fingerprint density at radius 1 is 1.15 bits per heavy atom. The third-order valence-corrected chi connectivity index (χ3v) is 9.59. The Kier molecular flexibility index (Phi) is 7.24. The topological polar surface area (TPSA) is 34.0 Å². The van der Waals surface area contributed by atoms with Gasteiger partial charge in [-0.2, -0.15) is 0 Å². The summed E-state index contributed by atoms with van der Waals surface area (Å²) in [6, 6.07) is 12.8. The van der Waals surface area contributed by atoms with Crippen molar-refractivity contribution in [2.24, 2.45) is 5.41 Å². The van der Waals surface area contributed by atoms with Crippen molar-refractivity contribution in [3.8, 4) is 22.5 Å². The molecule has 1 saturated heterocycles. The molecule has 6 rings (SSSR count). The molecule has 4 nitrogen and oxygen atoms in total. The maximum Gasteiger partial charge on any atom is 0.0811 e. The van der Waals surface area contributed by atoms with E-state index >= 15 is 0 Å². The minimum Gasteiger partial charge on any atom is -0.334 e. The summed E-state index contributed by atoms with van der Waals surface area (Å²) in [5, 5.41) is 3.54. The molecule has 2 fully saturated rings. The molecule has 1 unspecified atom stereocenters. The van der Waals surface area contributed by atoms with Gasteiger partial charge in [0.05, 0.1) is 28.6 Å². The van der Waals surface area contributed by atoms with Crippen LogP contribution in [0.5, 0.6) is 0 Å². The maximum absolute atomic E-state index is 4.99. The van der Waals surface area contributed by atoms with Crippen LogP contribution in [0.2, 0.25) is 0 Å². The fourth-order valence-electron chi connectivity index (χ4n) is 6.40. The van der Waals surface area contributed by atoms with Gasteiger partial charge in [-0.1, -0.05) is 39.8 Å². The fourth-order valence-corrected chi connectivity index (χ4v) is 6.96. The summed E-state index contributed by atoms with van der Waals surface area (Å²) in [7, 11) is 0. The molecule has 1 aliphatic carbocycles. The number of allylic oxidation sites excluding steroid dienone is 1. The first-order chi connectivity index (χ1) is 18.9. The van der Waals surface area contributed by atoms with Gasteiger partial charge in [-0.3, -0.25) is 9.88 Å². The summed E-state index contributed by atoms with van der Waals surface area (Å²) in [6.07, 6.45) is 11.0. The third-order valence-electron chi connectivity index (χ3n) is 9.01. The molecule has 0 bridgehead atoms. The predicted octanol–water partition coefficient (Wildman–Crippen LogP) is 8.89. The van der Waals surface area contributed by atoms with Crippen molar-refractivity contribution < 1.29 is 0 Å². The van der Waals surface area contributed by atoms with Crippen LogP contribution in [0, 0.1) is 5.41 Å². The van der Waals surface area contributed by atoms with E-state index in [4.69, 9.17) is 4.98 Å². The van der Waals surface area contributed by atoms with Crippen molar-refractivity contribution >= 4 is 22.2 Å². The van der Waals surface area contributed by atoms with Gasteiger partial charge in [0.15, 0.2) is 0 Å². The molecule has 2 aliphatic rings. The number of rotatable bonds is 11. The van der Waals surface area contributed by atoms with E-state index in [0.29, 0.717) is 12.0 Å². The molecule has 204 valence electrons. The Morgan fingerprint density at radius 2 is 1.97 bits per heavy atom. The van der Waals surface area contributed by atoms with Crippen LogP contribution in [0.25, 0.3) is 33.4 Å². The van der Waals surface area contributed by atoms with E-state index in [9.17, 15) is 0 Å². The van der Waals surface area contributed by atoms with Crippen molar-refractivity contribution in [1.82, 2.24) is 19.4 Å². The second-order valence-electron chi connectivity index (χ2n) is 12.6. The van der Waals surface area contributed by atoms with E-state index in [0.717, 1.165) is 50.5 Å². The lowest BCUT2D eigenvalue weighted by Crippen LogP contribution is -2.48. The van der Waals surface area contributed by atoms with Crippen molar-refractivity contribution in [3.63, 3.8) is 0 Å². The molecular weight excluding hydrogens is 496 g/mol. The molecule has 0 N–H and O–H groups in total. The van der Waals surface area contributed by atoms with Gasteiger partial charge >= 0.3 is 0 Å². The van der Waals surface area contributed by atoms with Gasteiger partial charge in [-0.25, -0.2) is 4.98 Å². The van der Waals surface area contributed by atoms with Crippen molar-refractivity contribution in [2.45, 2.75) is 84.2 Å². The van der Waals surface area contributed by atoms with Crippen molar-refractivity contribution in [3.05, 3.63) is 71.3 Å². The van der Waals surface area contributed by atoms with Crippen LogP contribution in [0.3, 0.4) is 0 Å². The van der Waals surface area contributed by atoms with Gasteiger partial charge in [0.25, 0.3) is 0 Å². The lowest BCUT2D eigenvalue weighted by atomic mass is 9.80. The highest BCUT2D eigenvalue weighted by Gasteiger charge is 2.41. The van der Waals surface area contributed by atoms with Crippen LogP contribution in [0.15, 0.2) is 60.1 Å². The van der Waals surface area contributed by atoms with Crippen LogP contribution in [-0.4, -0.2) is 38.6 Å². The van der Waals surface area contributed by atoms with Gasteiger partial charge in [0, 0.05) is 52.7 Å². The quantitative estimate of drug-likeness (QED) is 0.179. The van der Waals surface area contributed by atoms with Crippen LogP contribution in [0.4, 0.5) is 0 Å². The van der Waals surface area contributed by atoms with Crippen LogP contribution >= 0.6 is 11.3 Å². The lowest BCUT2D eigenvalue weighted by molar-refractivity contribution is 0.102. The number of benzene rings is 1. The van der Waals surface area contributed by atoms with Gasteiger partial charge in [-0.15, -0.1) is 17.9 Å². The largest absolute Gasteiger partial charge is 0.334 e. The summed E-state index contributed by atoms with van der Waals surface area (Å²) in [5.74, 6) is 0.407. The molecule has 4 aromatic rings. The molecule has 0 spiro atoms. The molecule has 4 heterocycles. The molecule has 1 atom stereocenters. The van der Waals surface area contributed by atoms with E-state index in [1.165, 1.54) is 51.8 Å². The van der Waals surface area contributed by atoms with E-state index in [1.807, 2.05) is 11.7 Å². The standard InChI is InChI=1S/C34H42N4S/c1-6-8-15-34(4,5)18-29-28-17-24(30-21-39-22-36-30)11-14-31(28)38(26-19-37(20-26)25-12-13-25)33(29)27-10-9-16-35-32(27)23(3)7-2/h6,9-11,14,16-17,21-23,25-26H,1,7-8,12-13,15,18-20H2,2-5H3. The molecule has 1 aliphatic heterocycles. The SMILES string of the molecule is C=CCCC(C)(C)Cc1c(-c2cccnc2C(C)CC)n(C2CN(C3CC3)C2)c2ccc(-c3cscn3)cc12. The van der Waals surface area contributed by atoms with Gasteiger partial charge in [0.1, 0.15) is 0 Å². The normalized spacial score (nSPS) is 17.4. The van der Waals surface area contributed by atoms with E-state index < -0.39 is 0 Å². The Hall–Kier alpha value is -2.76. The average molecular weight is 539 g/mol. The Bertz CT molecular complexity index is 1450. The number of likely N-dealkylation sites (tertiary alicyclic amines) is 1. The molecule has 1 saturated carbocycles. The zero-order valence-corrected chi connectivity index (χ0v) is 24.8. The average Bonchev–Trinajstić information content (AvgIpc) is 3.50. The zero-order valence-electron chi connectivity index (χ0n) is 24.0. The Balaban J connectivity index is 1.59. The highest BCUT2D eigenvalue weighted by Crippen LogP contribution is 2.46. The first-order valence-corrected chi connectivity index (χ1v) is 15.7. The Labute approximate surface area is 237 Å². The van der Waals surface area contributed by atoms with Crippen LogP contribution in [-0.2, 0) is 6.42 Å². The molecule has 1 aromatic carbocycles. The van der Waals surface area contributed by atoms with Crippen molar-refractivity contribution in [2.75, 3.05) is 13.1 Å². The second-order valence-corrected chi connectivity index (χ2v) is 13.3. The van der Waals surface area contributed by atoms with Crippen LogP contribution < -0.4 is 0 Å². The predicted molar refractivity (Wildman–Crippen MR) is 166 cm³/mol. The summed E-state index contributed by atoms with van der Waals surface area (Å²) < 4.78 is 2.71. The van der Waals surface area contributed by atoms with Crippen molar-refractivity contribution in [1.29, 1.82) is 0 Å². The van der Waals surface area contributed by atoms with E-state index in [2.05, 4.69) is 90.5 Å². The summed E-state index contributed by atoms with van der Waals surface area (Å²) in [5.41, 5.74) is 11.1. The molecule has 39 heavy (non-hydrogen) atoms. The summed E-state index contributed by atoms with van der Waals surface area (Å²) in [4.78, 5) is 12.3. The van der Waals surface area contributed by atoms with Gasteiger partial charge in [0.2, 0.25) is 0 Å². The second kappa shape index (κ2) is 10.7. The lowest BCUT2D eigenvalue weighted by Gasteiger charge is -2.42. The Morgan fingerprint density at radius 3 is 2.67 bits per heavy atom. The summed E-state index contributed by atoms with van der Waals surface area (Å²) in [6.45, 7) is 15.8. The van der Waals surface area contributed by atoms with Crippen LogP contribution in [0.1, 0.15) is 83.0 Å². The third kappa shape index (κ3) is 5.12. The fraction of sp³-hybridized carbons (Fsp3) is 0.471. The number of hydrogen-bond acceptors (Lipinski definition) is 4. The summed E-state index contributed by atoms with van der Waals surface area (Å²) >= 11 is 1.66. The number of hydrogen-bond donors (Lipinski definition) is 0. The van der Waals surface area contributed by atoms with Gasteiger partial charge < -0.3 is 4.57 Å². The number of thiazole rings is 1.